The third-order valence-corrected chi connectivity index (χ3v) is 6.42. The smallest absolute Gasteiger partial charge is 0.228 e. The fourth-order valence-corrected chi connectivity index (χ4v) is 5.01. The van der Waals surface area contributed by atoms with Crippen molar-refractivity contribution < 1.29 is 14.0 Å². The average molecular weight is 411 g/mol. The van der Waals surface area contributed by atoms with Crippen LogP contribution in [0.1, 0.15) is 18.4 Å². The molecule has 0 aliphatic carbocycles. The van der Waals surface area contributed by atoms with E-state index >= 15 is 0 Å². The van der Waals surface area contributed by atoms with Gasteiger partial charge in [-0.05, 0) is 33.2 Å². The second-order valence-corrected chi connectivity index (χ2v) is 9.04. The number of amides is 2. The van der Waals surface area contributed by atoms with E-state index in [1.54, 1.807) is 6.92 Å². The van der Waals surface area contributed by atoms with Gasteiger partial charge in [-0.2, -0.15) is 0 Å². The lowest BCUT2D eigenvalue weighted by atomic mass is 9.80. The molecule has 2 aliphatic heterocycles. The van der Waals surface area contributed by atoms with Crippen LogP contribution in [0.15, 0.2) is 34.7 Å². The molecule has 7 heteroatoms. The lowest BCUT2D eigenvalue weighted by Gasteiger charge is -2.32. The van der Waals surface area contributed by atoms with E-state index in [1.807, 2.05) is 47.1 Å². The molecule has 7 nitrogen and oxygen atoms in total. The maximum Gasteiger partial charge on any atom is 0.228 e. The van der Waals surface area contributed by atoms with Crippen molar-refractivity contribution in [1.82, 2.24) is 19.7 Å². The van der Waals surface area contributed by atoms with Gasteiger partial charge >= 0.3 is 0 Å². The largest absolute Gasteiger partial charge is 0.441 e. The van der Waals surface area contributed by atoms with Crippen molar-refractivity contribution in [2.45, 2.75) is 20.3 Å². The van der Waals surface area contributed by atoms with Gasteiger partial charge < -0.3 is 19.1 Å². The zero-order valence-corrected chi connectivity index (χ0v) is 18.2. The second-order valence-electron chi connectivity index (χ2n) is 9.04. The average Bonchev–Trinajstić information content (AvgIpc) is 3.32. The van der Waals surface area contributed by atoms with Crippen LogP contribution in [0.3, 0.4) is 0 Å². The van der Waals surface area contributed by atoms with E-state index in [2.05, 4.69) is 24.0 Å². The van der Waals surface area contributed by atoms with Gasteiger partial charge in [0.1, 0.15) is 5.76 Å². The van der Waals surface area contributed by atoms with E-state index in [0.717, 1.165) is 25.2 Å². The minimum atomic E-state index is -0.0566. The Morgan fingerprint density at radius 2 is 1.83 bits per heavy atom. The molecular formula is C23H30N4O3. The molecule has 0 N–H and O–H groups in total. The van der Waals surface area contributed by atoms with Crippen LogP contribution in [0.4, 0.5) is 0 Å². The quantitative estimate of drug-likeness (QED) is 0.755. The first kappa shape index (κ1) is 20.6. The number of aryl methyl sites for hydroxylation is 1. The van der Waals surface area contributed by atoms with Crippen LogP contribution < -0.4 is 0 Å². The Labute approximate surface area is 177 Å². The Bertz CT molecular complexity index is 939. The highest BCUT2D eigenvalue weighted by atomic mass is 16.4. The van der Waals surface area contributed by atoms with Gasteiger partial charge in [0.25, 0.3) is 0 Å². The number of aromatic nitrogens is 1. The maximum atomic E-state index is 13.1. The molecule has 2 saturated heterocycles. The first-order valence-electron chi connectivity index (χ1n) is 10.5. The van der Waals surface area contributed by atoms with Gasteiger partial charge in [-0.3, -0.25) is 9.59 Å². The number of hydrogen-bond acceptors (Lipinski definition) is 5. The third-order valence-electron chi connectivity index (χ3n) is 6.42. The summed E-state index contributed by atoms with van der Waals surface area (Å²) in [5, 5.41) is 0. The highest BCUT2D eigenvalue weighted by Crippen LogP contribution is 2.43. The Morgan fingerprint density at radius 3 is 2.50 bits per heavy atom. The van der Waals surface area contributed by atoms with Crippen LogP contribution in [0.25, 0.3) is 11.5 Å². The van der Waals surface area contributed by atoms with Crippen molar-refractivity contribution in [3.63, 3.8) is 0 Å². The van der Waals surface area contributed by atoms with Crippen LogP contribution in [0.5, 0.6) is 0 Å². The van der Waals surface area contributed by atoms with Crippen LogP contribution >= 0.6 is 0 Å². The van der Waals surface area contributed by atoms with Crippen molar-refractivity contribution in [2.75, 3.05) is 46.8 Å². The van der Waals surface area contributed by atoms with Crippen molar-refractivity contribution >= 4 is 11.8 Å². The first-order chi connectivity index (χ1) is 14.3. The molecule has 3 heterocycles. The van der Waals surface area contributed by atoms with Crippen molar-refractivity contribution in [3.05, 3.63) is 41.8 Å². The summed E-state index contributed by atoms with van der Waals surface area (Å²) in [6.07, 6.45) is 0.239. The number of nitrogens with zero attached hydrogens (tertiary/aromatic N) is 4. The number of carbonyl (C=O) groups is 2. The molecule has 1 aromatic carbocycles. The zero-order chi connectivity index (χ0) is 21.5. The van der Waals surface area contributed by atoms with Crippen LogP contribution in [-0.2, 0) is 16.0 Å². The molecule has 1 aromatic heterocycles. The Balaban J connectivity index is 1.48. The summed E-state index contributed by atoms with van der Waals surface area (Å²) in [7, 11) is 4.10. The molecule has 2 atom stereocenters. The minimum Gasteiger partial charge on any atom is -0.441 e. The topological polar surface area (TPSA) is 69.9 Å². The summed E-state index contributed by atoms with van der Waals surface area (Å²) in [4.78, 5) is 35.7. The lowest BCUT2D eigenvalue weighted by Crippen LogP contribution is -2.43. The van der Waals surface area contributed by atoms with Crippen molar-refractivity contribution in [1.29, 1.82) is 0 Å². The fourth-order valence-electron chi connectivity index (χ4n) is 5.01. The highest BCUT2D eigenvalue weighted by Gasteiger charge is 2.54. The Morgan fingerprint density at radius 1 is 1.17 bits per heavy atom. The Kier molecular flexibility index (Phi) is 5.40. The van der Waals surface area contributed by atoms with Crippen LogP contribution in [-0.4, -0.2) is 78.3 Å². The predicted octanol–water partition coefficient (Wildman–Crippen LogP) is 2.06. The summed E-state index contributed by atoms with van der Waals surface area (Å²) in [5.74, 6) is 1.74. The summed E-state index contributed by atoms with van der Waals surface area (Å²) in [6.45, 7) is 7.18. The Hall–Kier alpha value is -2.67. The van der Waals surface area contributed by atoms with Gasteiger partial charge in [0.15, 0.2) is 0 Å². The highest BCUT2D eigenvalue weighted by molar-refractivity contribution is 5.79. The number of oxazole rings is 1. The molecule has 160 valence electrons. The molecular weight excluding hydrogens is 380 g/mol. The van der Waals surface area contributed by atoms with E-state index < -0.39 is 0 Å². The molecule has 0 spiro atoms. The molecule has 0 saturated carbocycles. The molecule has 2 amide bonds. The molecule has 0 unspecified atom stereocenters. The van der Waals surface area contributed by atoms with Gasteiger partial charge in [0.05, 0.1) is 12.1 Å². The zero-order valence-electron chi connectivity index (χ0n) is 18.2. The number of hydrogen-bond donors (Lipinski definition) is 0. The van der Waals surface area contributed by atoms with Crippen LogP contribution in [0.2, 0.25) is 0 Å². The summed E-state index contributed by atoms with van der Waals surface area (Å²) < 4.78 is 5.82. The number of fused-ring (bicyclic) bond motifs is 1. The summed E-state index contributed by atoms with van der Waals surface area (Å²) >= 11 is 0. The monoisotopic (exact) mass is 410 g/mol. The van der Waals surface area contributed by atoms with E-state index in [4.69, 9.17) is 4.42 Å². The number of carbonyl (C=O) groups excluding carboxylic acids is 2. The van der Waals surface area contributed by atoms with Crippen LogP contribution in [0, 0.1) is 18.3 Å². The predicted molar refractivity (Wildman–Crippen MR) is 114 cm³/mol. The van der Waals surface area contributed by atoms with Gasteiger partial charge in [-0.25, -0.2) is 4.98 Å². The number of benzene rings is 1. The summed E-state index contributed by atoms with van der Waals surface area (Å²) in [6, 6.07) is 9.73. The molecule has 4 rings (SSSR count). The van der Waals surface area contributed by atoms with Gasteiger partial charge in [0.2, 0.25) is 17.7 Å². The van der Waals surface area contributed by atoms with Crippen molar-refractivity contribution in [2.24, 2.45) is 11.3 Å². The normalized spacial score (nSPS) is 23.3. The fraction of sp³-hybridized carbons (Fsp3) is 0.522. The first-order valence-corrected chi connectivity index (χ1v) is 10.5. The maximum absolute atomic E-state index is 13.1. The molecule has 2 fully saturated rings. The third kappa shape index (κ3) is 3.86. The van der Waals surface area contributed by atoms with Gasteiger partial charge in [0, 0.05) is 56.5 Å². The second kappa shape index (κ2) is 7.87. The summed E-state index contributed by atoms with van der Waals surface area (Å²) in [5.41, 5.74) is 1.55. The van der Waals surface area contributed by atoms with Crippen molar-refractivity contribution in [3.8, 4) is 11.5 Å². The molecule has 30 heavy (non-hydrogen) atoms. The molecule has 2 aromatic rings. The van der Waals surface area contributed by atoms with E-state index in [0.29, 0.717) is 36.4 Å². The molecule has 2 aliphatic rings. The number of rotatable bonds is 5. The van der Waals surface area contributed by atoms with E-state index in [1.165, 1.54) is 0 Å². The standard InChI is InChI=1S/C23H30N4O3/c1-16-20(24-22(30-16)18-8-6-5-7-9-18)10-21(29)27-12-19-11-26(17(2)28)14-23(19,15-27)13-25(3)4/h5-9,19H,10-15H2,1-4H3/t19-,23+/m1/s1. The van der Waals surface area contributed by atoms with Gasteiger partial charge in [-0.1, -0.05) is 18.2 Å². The number of likely N-dealkylation sites (tertiary alicyclic amines) is 2. The SMILES string of the molecule is CC(=O)N1C[C@@H]2CN(C(=O)Cc3nc(-c4ccccc4)oc3C)C[C@]2(CN(C)C)C1. The molecule has 0 bridgehead atoms. The van der Waals surface area contributed by atoms with E-state index in [-0.39, 0.29) is 23.7 Å². The molecule has 0 radical (unpaired) electrons. The van der Waals surface area contributed by atoms with E-state index in [9.17, 15) is 9.59 Å². The lowest BCUT2D eigenvalue weighted by molar-refractivity contribution is -0.130. The minimum absolute atomic E-state index is 0.0566. The van der Waals surface area contributed by atoms with Gasteiger partial charge in [-0.15, -0.1) is 0 Å².